The van der Waals surface area contributed by atoms with Gasteiger partial charge in [0, 0.05) is 50.9 Å². The molecular weight excluding hydrogens is 394 g/mol. The third-order valence-electron chi connectivity index (χ3n) is 6.06. The van der Waals surface area contributed by atoms with Gasteiger partial charge >= 0.3 is 0 Å². The number of amides is 1. The molecule has 8 heteroatoms. The molecule has 1 amide bonds. The number of benzene rings is 1. The Morgan fingerprint density at radius 2 is 1.26 bits per heavy atom. The second kappa shape index (κ2) is 9.85. The van der Waals surface area contributed by atoms with Gasteiger partial charge in [0.1, 0.15) is 11.5 Å². The van der Waals surface area contributed by atoms with Crippen LogP contribution in [0.1, 0.15) is 36.0 Å². The average molecular weight is 426 g/mol. The quantitative estimate of drug-likeness (QED) is 0.729. The minimum Gasteiger partial charge on any atom is -0.497 e. The zero-order chi connectivity index (χ0) is 21.6. The molecule has 2 saturated heterocycles. The van der Waals surface area contributed by atoms with Crippen LogP contribution in [0.2, 0.25) is 0 Å². The van der Waals surface area contributed by atoms with Crippen LogP contribution in [0.4, 0.5) is 11.6 Å². The summed E-state index contributed by atoms with van der Waals surface area (Å²) in [6.07, 6.45) is 5.04. The largest absolute Gasteiger partial charge is 0.497 e. The summed E-state index contributed by atoms with van der Waals surface area (Å²) in [5.41, 5.74) is 0.575. The minimum absolute atomic E-state index is 0.0144. The number of anilines is 2. The molecule has 0 saturated carbocycles. The van der Waals surface area contributed by atoms with Crippen LogP contribution in [-0.4, -0.2) is 74.5 Å². The van der Waals surface area contributed by atoms with Gasteiger partial charge in [-0.15, -0.1) is 10.2 Å². The van der Waals surface area contributed by atoms with E-state index in [2.05, 4.69) is 32.1 Å². The van der Waals surface area contributed by atoms with Crippen LogP contribution in [-0.2, 0) is 0 Å². The van der Waals surface area contributed by atoms with Crippen molar-refractivity contribution in [1.82, 2.24) is 15.1 Å². The van der Waals surface area contributed by atoms with Gasteiger partial charge in [-0.3, -0.25) is 4.79 Å². The van der Waals surface area contributed by atoms with Gasteiger partial charge in [0.15, 0.2) is 11.6 Å². The van der Waals surface area contributed by atoms with E-state index in [0.29, 0.717) is 30.2 Å². The van der Waals surface area contributed by atoms with Crippen molar-refractivity contribution in [1.29, 1.82) is 0 Å². The molecular formula is C23H31N5O3. The molecule has 0 unspecified atom stereocenters. The lowest BCUT2D eigenvalue weighted by Crippen LogP contribution is -2.49. The topological polar surface area (TPSA) is 71.0 Å². The molecule has 4 rings (SSSR count). The number of methoxy groups -OCH3 is 2. The Labute approximate surface area is 183 Å². The molecule has 0 bridgehead atoms. The first kappa shape index (κ1) is 21.2. The molecule has 0 aliphatic carbocycles. The molecule has 1 aromatic heterocycles. The zero-order valence-corrected chi connectivity index (χ0v) is 18.4. The van der Waals surface area contributed by atoms with Crippen LogP contribution in [0.5, 0.6) is 11.5 Å². The Kier molecular flexibility index (Phi) is 6.74. The Morgan fingerprint density at radius 3 is 1.74 bits per heavy atom. The van der Waals surface area contributed by atoms with E-state index >= 15 is 0 Å². The maximum atomic E-state index is 13.0. The summed E-state index contributed by atoms with van der Waals surface area (Å²) >= 11 is 0. The number of piperazine rings is 1. The van der Waals surface area contributed by atoms with Gasteiger partial charge in [-0.25, -0.2) is 0 Å². The third kappa shape index (κ3) is 5.00. The molecule has 0 N–H and O–H groups in total. The van der Waals surface area contributed by atoms with Gasteiger partial charge in [0.25, 0.3) is 5.91 Å². The van der Waals surface area contributed by atoms with Gasteiger partial charge in [-0.2, -0.15) is 0 Å². The maximum absolute atomic E-state index is 13.0. The maximum Gasteiger partial charge on any atom is 0.254 e. The Balaban J connectivity index is 1.36. The van der Waals surface area contributed by atoms with E-state index in [1.807, 2.05) is 4.90 Å². The second-order valence-corrected chi connectivity index (χ2v) is 8.03. The van der Waals surface area contributed by atoms with Gasteiger partial charge in [0.05, 0.1) is 14.2 Å². The summed E-state index contributed by atoms with van der Waals surface area (Å²) in [7, 11) is 3.17. The SMILES string of the molecule is COc1cc(OC)cc(C(=O)N2CCN(c3ccc(N4CCCCCC4)nn3)CC2)c1. The first-order chi connectivity index (χ1) is 15.2. The molecule has 166 valence electrons. The zero-order valence-electron chi connectivity index (χ0n) is 18.4. The highest BCUT2D eigenvalue weighted by molar-refractivity contribution is 5.95. The molecule has 2 aliphatic heterocycles. The van der Waals surface area contributed by atoms with E-state index in [1.165, 1.54) is 25.7 Å². The highest BCUT2D eigenvalue weighted by atomic mass is 16.5. The molecule has 2 aromatic rings. The van der Waals surface area contributed by atoms with Crippen LogP contribution in [0.25, 0.3) is 0 Å². The third-order valence-corrected chi connectivity index (χ3v) is 6.06. The normalized spacial score (nSPS) is 17.3. The summed E-state index contributed by atoms with van der Waals surface area (Å²) in [4.78, 5) is 19.4. The number of nitrogens with zero attached hydrogens (tertiary/aromatic N) is 5. The summed E-state index contributed by atoms with van der Waals surface area (Å²) in [5, 5.41) is 8.96. The standard InChI is InChI=1S/C23H31N5O3/c1-30-19-15-18(16-20(17-19)31-2)23(29)28-13-11-27(12-14-28)22-8-7-21(24-25-22)26-9-5-3-4-6-10-26/h7-8,15-17H,3-6,9-14H2,1-2H3. The molecule has 0 atom stereocenters. The van der Waals surface area contributed by atoms with Crippen LogP contribution < -0.4 is 19.3 Å². The molecule has 2 fully saturated rings. The molecule has 0 radical (unpaired) electrons. The molecule has 1 aromatic carbocycles. The lowest BCUT2D eigenvalue weighted by Gasteiger charge is -2.35. The molecule has 2 aliphatic rings. The van der Waals surface area contributed by atoms with Gasteiger partial charge in [0.2, 0.25) is 0 Å². The van der Waals surface area contributed by atoms with E-state index in [9.17, 15) is 4.79 Å². The van der Waals surface area contributed by atoms with Crippen molar-refractivity contribution < 1.29 is 14.3 Å². The summed E-state index contributed by atoms with van der Waals surface area (Å²) in [6, 6.07) is 9.41. The van der Waals surface area contributed by atoms with Crippen molar-refractivity contribution in [3.63, 3.8) is 0 Å². The minimum atomic E-state index is -0.0144. The number of carbonyl (C=O) groups excluding carboxylic acids is 1. The van der Waals surface area contributed by atoms with Gasteiger partial charge < -0.3 is 24.2 Å². The van der Waals surface area contributed by atoms with Crippen LogP contribution in [0, 0.1) is 0 Å². The summed E-state index contributed by atoms with van der Waals surface area (Å²) in [5.74, 6) is 3.04. The fraction of sp³-hybridized carbons (Fsp3) is 0.522. The Bertz CT molecular complexity index is 851. The average Bonchev–Trinajstić information content (AvgIpc) is 3.13. The van der Waals surface area contributed by atoms with Crippen molar-refractivity contribution in [3.8, 4) is 11.5 Å². The molecule has 3 heterocycles. The van der Waals surface area contributed by atoms with Crippen molar-refractivity contribution in [3.05, 3.63) is 35.9 Å². The van der Waals surface area contributed by atoms with Crippen LogP contribution >= 0.6 is 0 Å². The number of aromatic nitrogens is 2. The predicted molar refractivity (Wildman–Crippen MR) is 120 cm³/mol. The summed E-state index contributed by atoms with van der Waals surface area (Å²) in [6.45, 7) is 4.84. The van der Waals surface area contributed by atoms with E-state index in [1.54, 1.807) is 32.4 Å². The highest BCUT2D eigenvalue weighted by Crippen LogP contribution is 2.24. The fourth-order valence-corrected chi connectivity index (χ4v) is 4.21. The lowest BCUT2D eigenvalue weighted by molar-refractivity contribution is 0.0745. The number of hydrogen-bond donors (Lipinski definition) is 0. The molecule has 0 spiro atoms. The Morgan fingerprint density at radius 1 is 0.742 bits per heavy atom. The van der Waals surface area contributed by atoms with Crippen molar-refractivity contribution in [2.45, 2.75) is 25.7 Å². The van der Waals surface area contributed by atoms with Gasteiger partial charge in [-0.1, -0.05) is 12.8 Å². The Hall–Kier alpha value is -3.03. The highest BCUT2D eigenvalue weighted by Gasteiger charge is 2.24. The smallest absolute Gasteiger partial charge is 0.254 e. The van der Waals surface area contributed by atoms with E-state index in [-0.39, 0.29) is 5.91 Å². The number of rotatable bonds is 5. The fourth-order valence-electron chi connectivity index (χ4n) is 4.21. The molecule has 31 heavy (non-hydrogen) atoms. The van der Waals surface area contributed by atoms with Crippen molar-refractivity contribution in [2.24, 2.45) is 0 Å². The summed E-state index contributed by atoms with van der Waals surface area (Å²) < 4.78 is 10.6. The van der Waals surface area contributed by atoms with E-state index in [0.717, 1.165) is 37.8 Å². The second-order valence-electron chi connectivity index (χ2n) is 8.03. The predicted octanol–water partition coefficient (Wildman–Crippen LogP) is 2.84. The van der Waals surface area contributed by atoms with Crippen LogP contribution in [0.3, 0.4) is 0 Å². The van der Waals surface area contributed by atoms with Crippen molar-refractivity contribution >= 4 is 17.5 Å². The van der Waals surface area contributed by atoms with E-state index in [4.69, 9.17) is 9.47 Å². The van der Waals surface area contributed by atoms with Crippen LogP contribution in [0.15, 0.2) is 30.3 Å². The monoisotopic (exact) mass is 425 g/mol. The lowest BCUT2D eigenvalue weighted by atomic mass is 10.1. The molecule has 8 nitrogen and oxygen atoms in total. The first-order valence-corrected chi connectivity index (χ1v) is 11.0. The van der Waals surface area contributed by atoms with E-state index < -0.39 is 0 Å². The first-order valence-electron chi connectivity index (χ1n) is 11.0. The van der Waals surface area contributed by atoms with Gasteiger partial charge in [-0.05, 0) is 37.1 Å². The number of hydrogen-bond acceptors (Lipinski definition) is 7. The number of ether oxygens (including phenoxy) is 2. The van der Waals surface area contributed by atoms with Crippen molar-refractivity contribution in [2.75, 3.05) is 63.3 Å². The number of carbonyl (C=O) groups is 1.